The van der Waals surface area contributed by atoms with Crippen LogP contribution in [0.3, 0.4) is 0 Å². The molecule has 1 atom stereocenters. The quantitative estimate of drug-likeness (QED) is 0.447. The summed E-state index contributed by atoms with van der Waals surface area (Å²) in [6.07, 6.45) is -0.175. The first-order chi connectivity index (χ1) is 7.23. The van der Waals surface area contributed by atoms with Crippen molar-refractivity contribution in [3.8, 4) is 0 Å². The van der Waals surface area contributed by atoms with E-state index in [4.69, 9.17) is 5.73 Å². The number of imide groups is 1. The van der Waals surface area contributed by atoms with Crippen molar-refractivity contribution in [2.24, 2.45) is 5.73 Å². The Bertz CT molecular complexity index is 445. The van der Waals surface area contributed by atoms with Gasteiger partial charge in [-0.15, -0.1) is 0 Å². The fourth-order valence-corrected chi connectivity index (χ4v) is 2.83. The molecule has 1 unspecified atom stereocenters. The molecular weight excluding hydrogens is 254 g/mol. The average Bonchev–Trinajstić information content (AvgIpc) is 2.30. The summed E-state index contributed by atoms with van der Waals surface area (Å²) in [5, 5.41) is 0. The van der Waals surface area contributed by atoms with E-state index in [2.05, 4.69) is 16.9 Å². The van der Waals surface area contributed by atoms with Crippen molar-refractivity contribution in [1.82, 2.24) is 9.62 Å². The van der Waals surface area contributed by atoms with Gasteiger partial charge in [-0.2, -0.15) is 0 Å². The molecule has 1 heterocycles. The molecule has 16 heavy (non-hydrogen) atoms. The van der Waals surface area contributed by atoms with Crippen LogP contribution in [0.5, 0.6) is 0 Å². The number of hydrogen-bond donors (Lipinski definition) is 2. The van der Waals surface area contributed by atoms with Gasteiger partial charge < -0.3 is 5.73 Å². The molecule has 1 rings (SSSR count). The summed E-state index contributed by atoms with van der Waals surface area (Å²) in [5.41, 5.74) is 5.09. The number of hydrogen-bond acceptors (Lipinski definition) is 5. The third kappa shape index (κ3) is 2.97. The van der Waals surface area contributed by atoms with E-state index in [1.54, 1.807) is 0 Å². The zero-order valence-corrected chi connectivity index (χ0v) is 10.1. The minimum Gasteiger partial charge on any atom is -0.392 e. The SMILES string of the molecule is CN1C(=O)CC(NS(=O)(=O)CC(N)=S)C1=O. The van der Waals surface area contributed by atoms with Crippen molar-refractivity contribution >= 4 is 39.0 Å². The Morgan fingerprint density at radius 2 is 2.19 bits per heavy atom. The first-order valence-electron chi connectivity index (χ1n) is 4.31. The van der Waals surface area contributed by atoms with Crippen LogP contribution < -0.4 is 10.5 Å². The van der Waals surface area contributed by atoms with Gasteiger partial charge in [0.05, 0.1) is 11.4 Å². The Balaban J connectivity index is 2.73. The Hall–Kier alpha value is -1.06. The van der Waals surface area contributed by atoms with Crippen molar-refractivity contribution < 1.29 is 18.0 Å². The normalized spacial score (nSPS) is 21.6. The average molecular weight is 265 g/mol. The van der Waals surface area contributed by atoms with Crippen LogP contribution in [0.25, 0.3) is 0 Å². The molecule has 1 aliphatic rings. The number of nitrogens with zero attached hydrogens (tertiary/aromatic N) is 1. The monoisotopic (exact) mass is 265 g/mol. The molecule has 0 aliphatic carbocycles. The number of nitrogens with one attached hydrogen (secondary N) is 1. The van der Waals surface area contributed by atoms with Crippen LogP contribution in [-0.2, 0) is 19.6 Å². The second kappa shape index (κ2) is 4.44. The largest absolute Gasteiger partial charge is 0.392 e. The van der Waals surface area contributed by atoms with Gasteiger partial charge in [0.2, 0.25) is 21.8 Å². The molecule has 0 aromatic carbocycles. The number of likely N-dealkylation sites (N-methyl/N-ethyl adjacent to an activating group) is 1. The molecule has 9 heteroatoms. The second-order valence-corrected chi connectivity index (χ2v) is 5.67. The molecule has 3 N–H and O–H groups in total. The summed E-state index contributed by atoms with van der Waals surface area (Å²) in [7, 11) is -2.46. The Labute approximate surface area is 98.0 Å². The van der Waals surface area contributed by atoms with Gasteiger partial charge in [0.25, 0.3) is 0 Å². The molecule has 1 saturated heterocycles. The van der Waals surface area contributed by atoms with E-state index >= 15 is 0 Å². The zero-order valence-electron chi connectivity index (χ0n) is 8.47. The van der Waals surface area contributed by atoms with Gasteiger partial charge in [-0.3, -0.25) is 14.5 Å². The molecular formula is C7H11N3O4S2. The van der Waals surface area contributed by atoms with Crippen LogP contribution in [0.15, 0.2) is 0 Å². The maximum atomic E-state index is 11.4. The molecule has 0 aromatic rings. The zero-order chi connectivity index (χ0) is 12.5. The van der Waals surface area contributed by atoms with Gasteiger partial charge in [0, 0.05) is 7.05 Å². The summed E-state index contributed by atoms with van der Waals surface area (Å²) in [6.45, 7) is 0. The van der Waals surface area contributed by atoms with E-state index in [1.807, 2.05) is 0 Å². The fourth-order valence-electron chi connectivity index (χ4n) is 1.29. The lowest BCUT2D eigenvalue weighted by molar-refractivity contribution is -0.137. The van der Waals surface area contributed by atoms with E-state index in [-0.39, 0.29) is 11.4 Å². The number of amides is 2. The van der Waals surface area contributed by atoms with Crippen LogP contribution in [0.1, 0.15) is 6.42 Å². The van der Waals surface area contributed by atoms with E-state index < -0.39 is 33.6 Å². The molecule has 0 bridgehead atoms. The lowest BCUT2D eigenvalue weighted by Gasteiger charge is -2.10. The highest BCUT2D eigenvalue weighted by molar-refractivity contribution is 7.92. The van der Waals surface area contributed by atoms with Crippen LogP contribution in [0.2, 0.25) is 0 Å². The van der Waals surface area contributed by atoms with Crippen molar-refractivity contribution in [3.63, 3.8) is 0 Å². The van der Waals surface area contributed by atoms with Crippen molar-refractivity contribution in [2.75, 3.05) is 12.8 Å². The van der Waals surface area contributed by atoms with E-state index in [0.717, 1.165) is 4.90 Å². The molecule has 7 nitrogen and oxygen atoms in total. The summed E-state index contributed by atoms with van der Waals surface area (Å²) in [4.78, 5) is 23.2. The minimum atomic E-state index is -3.76. The van der Waals surface area contributed by atoms with Crippen molar-refractivity contribution in [3.05, 3.63) is 0 Å². The molecule has 90 valence electrons. The first kappa shape index (κ1) is 13.0. The topological polar surface area (TPSA) is 110 Å². The Morgan fingerprint density at radius 3 is 2.56 bits per heavy atom. The van der Waals surface area contributed by atoms with Gasteiger partial charge in [0.15, 0.2) is 0 Å². The number of nitrogens with two attached hydrogens (primary N) is 1. The highest BCUT2D eigenvalue weighted by Gasteiger charge is 2.38. The van der Waals surface area contributed by atoms with Gasteiger partial charge in [0.1, 0.15) is 11.8 Å². The predicted octanol–water partition coefficient (Wildman–Crippen LogP) is -2.05. The third-order valence-electron chi connectivity index (χ3n) is 2.04. The van der Waals surface area contributed by atoms with Crippen molar-refractivity contribution in [1.29, 1.82) is 0 Å². The van der Waals surface area contributed by atoms with Crippen LogP contribution in [-0.4, -0.2) is 49.0 Å². The molecule has 2 amide bonds. The number of carbonyl (C=O) groups excluding carboxylic acids is 2. The van der Waals surface area contributed by atoms with Crippen LogP contribution >= 0.6 is 12.2 Å². The van der Waals surface area contributed by atoms with Gasteiger partial charge in [-0.1, -0.05) is 12.2 Å². The first-order valence-corrected chi connectivity index (χ1v) is 6.37. The minimum absolute atomic E-state index is 0.175. The maximum absolute atomic E-state index is 11.4. The van der Waals surface area contributed by atoms with Gasteiger partial charge in [-0.25, -0.2) is 13.1 Å². The van der Waals surface area contributed by atoms with Crippen molar-refractivity contribution in [2.45, 2.75) is 12.5 Å². The molecule has 0 radical (unpaired) electrons. The molecule has 0 aromatic heterocycles. The Morgan fingerprint density at radius 1 is 1.62 bits per heavy atom. The number of likely N-dealkylation sites (tertiary alicyclic amines) is 1. The molecule has 1 aliphatic heterocycles. The van der Waals surface area contributed by atoms with E-state index in [0.29, 0.717) is 0 Å². The molecule has 0 saturated carbocycles. The highest BCUT2D eigenvalue weighted by atomic mass is 32.2. The van der Waals surface area contributed by atoms with E-state index in [9.17, 15) is 18.0 Å². The number of rotatable bonds is 4. The standard InChI is InChI=1S/C7H11N3O4S2/c1-10-6(11)2-4(7(10)12)9-16(13,14)3-5(8)15/h4,9H,2-3H2,1H3,(H2,8,15). The summed E-state index contributed by atoms with van der Waals surface area (Å²) in [5.74, 6) is -1.53. The summed E-state index contributed by atoms with van der Waals surface area (Å²) in [6, 6.07) is -1.04. The van der Waals surface area contributed by atoms with Crippen LogP contribution in [0.4, 0.5) is 0 Å². The van der Waals surface area contributed by atoms with Crippen LogP contribution in [0, 0.1) is 0 Å². The summed E-state index contributed by atoms with van der Waals surface area (Å²) >= 11 is 4.46. The molecule has 1 fully saturated rings. The summed E-state index contributed by atoms with van der Waals surface area (Å²) < 4.78 is 24.9. The Kier molecular flexibility index (Phi) is 3.61. The van der Waals surface area contributed by atoms with E-state index in [1.165, 1.54) is 7.05 Å². The maximum Gasteiger partial charge on any atom is 0.247 e. The van der Waals surface area contributed by atoms with Gasteiger partial charge >= 0.3 is 0 Å². The predicted molar refractivity (Wildman–Crippen MR) is 59.9 cm³/mol. The second-order valence-electron chi connectivity index (χ2n) is 3.39. The third-order valence-corrected chi connectivity index (χ3v) is 3.70. The fraction of sp³-hybridized carbons (Fsp3) is 0.571. The van der Waals surface area contributed by atoms with Gasteiger partial charge in [-0.05, 0) is 0 Å². The number of carbonyl (C=O) groups is 2. The smallest absolute Gasteiger partial charge is 0.247 e. The lowest BCUT2D eigenvalue weighted by atomic mass is 10.3. The lowest BCUT2D eigenvalue weighted by Crippen LogP contribution is -2.43. The molecule has 0 spiro atoms. The number of thiocarbonyl (C=S) groups is 1. The highest BCUT2D eigenvalue weighted by Crippen LogP contribution is 2.11. The number of sulfonamides is 1.